The number of hydrogen-bond acceptors (Lipinski definition) is 4. The van der Waals surface area contributed by atoms with Gasteiger partial charge in [-0.25, -0.2) is 4.79 Å². The number of anilines is 1. The van der Waals surface area contributed by atoms with Gasteiger partial charge in [0.25, 0.3) is 5.91 Å². The number of benzene rings is 2. The second-order valence-electron chi connectivity index (χ2n) is 9.95. The fraction of sp³-hybridized carbons (Fsp3) is 0.385. The monoisotopic (exact) mass is 568 g/mol. The molecule has 0 radical (unpaired) electrons. The highest BCUT2D eigenvalue weighted by Crippen LogP contribution is 2.56. The molecule has 2 amide bonds. The van der Waals surface area contributed by atoms with Crippen LogP contribution in [-0.2, 0) is 20.8 Å². The number of carbonyl (C=O) groups excluding carboxylic acids is 2. The van der Waals surface area contributed by atoms with E-state index in [1.54, 1.807) is 32.9 Å². The number of rotatable bonds is 8. The van der Waals surface area contributed by atoms with Gasteiger partial charge in [0.15, 0.2) is 0 Å². The molecule has 3 rings (SSSR count). The molecule has 8 nitrogen and oxygen atoms in total. The van der Waals surface area contributed by atoms with Crippen LogP contribution < -0.4 is 10.6 Å². The zero-order chi connectivity index (χ0) is 27.7. The molecule has 2 aromatic rings. The molecule has 0 saturated heterocycles. The lowest BCUT2D eigenvalue weighted by molar-refractivity contribution is -0.155. The number of hydrogen-bond donors (Lipinski definition) is 4. The fourth-order valence-corrected chi connectivity index (χ4v) is 5.60. The van der Waals surface area contributed by atoms with Gasteiger partial charge in [-0.15, -0.1) is 0 Å². The van der Waals surface area contributed by atoms with E-state index in [9.17, 15) is 29.4 Å². The van der Waals surface area contributed by atoms with Crippen molar-refractivity contribution in [3.05, 3.63) is 62.6 Å². The first-order chi connectivity index (χ1) is 17.2. The van der Waals surface area contributed by atoms with Crippen molar-refractivity contribution < 1.29 is 29.4 Å². The van der Waals surface area contributed by atoms with Crippen LogP contribution in [0.2, 0.25) is 15.1 Å². The molecule has 198 valence electrons. The summed E-state index contributed by atoms with van der Waals surface area (Å²) in [6.07, 6.45) is 0.641. The number of nitrogens with one attached hydrogen (secondary N) is 2. The Morgan fingerprint density at radius 1 is 1.00 bits per heavy atom. The Balaban J connectivity index is 1.69. The second kappa shape index (κ2) is 10.9. The molecular weight excluding hydrogens is 543 g/mol. The van der Waals surface area contributed by atoms with Gasteiger partial charge in [0.1, 0.15) is 6.04 Å². The van der Waals surface area contributed by atoms with E-state index in [1.807, 2.05) is 0 Å². The van der Waals surface area contributed by atoms with Crippen LogP contribution in [0.25, 0.3) is 0 Å². The van der Waals surface area contributed by atoms with E-state index in [1.165, 1.54) is 24.3 Å². The molecule has 37 heavy (non-hydrogen) atoms. The first kappa shape index (κ1) is 28.8. The standard InChI is InChI=1S/C26H27Cl3N2O6/c1-25(2)16(8-9-26(25,3)24(36)37)22(33)30-19(23(34)35)10-13-4-6-14(7-5-13)21(32)31-20-17(28)11-15(27)12-18(20)29/h4-7,11-12,16,19H,8-10H2,1-3H3,(H,30,33)(H,31,32)(H,34,35)(H,36,37). The number of amides is 2. The van der Waals surface area contributed by atoms with E-state index in [0.29, 0.717) is 23.4 Å². The summed E-state index contributed by atoms with van der Waals surface area (Å²) in [7, 11) is 0. The van der Waals surface area contributed by atoms with Crippen LogP contribution in [0.4, 0.5) is 5.69 Å². The van der Waals surface area contributed by atoms with E-state index in [0.717, 1.165) is 0 Å². The Hall–Kier alpha value is -2.81. The van der Waals surface area contributed by atoms with Crippen molar-refractivity contribution in [2.75, 3.05) is 5.32 Å². The zero-order valence-corrected chi connectivity index (χ0v) is 22.7. The third-order valence-corrected chi connectivity index (χ3v) is 8.35. The quantitative estimate of drug-likeness (QED) is 0.330. The minimum absolute atomic E-state index is 0.0266. The molecule has 0 bridgehead atoms. The van der Waals surface area contributed by atoms with Crippen LogP contribution in [0.5, 0.6) is 0 Å². The van der Waals surface area contributed by atoms with Crippen LogP contribution >= 0.6 is 34.8 Å². The van der Waals surface area contributed by atoms with Crippen LogP contribution in [0.1, 0.15) is 49.5 Å². The topological polar surface area (TPSA) is 133 Å². The lowest BCUT2D eigenvalue weighted by Crippen LogP contribution is -2.49. The molecule has 1 saturated carbocycles. The molecule has 1 fully saturated rings. The van der Waals surface area contributed by atoms with Crippen molar-refractivity contribution in [2.45, 2.75) is 46.1 Å². The second-order valence-corrected chi connectivity index (χ2v) is 11.2. The average molecular weight is 570 g/mol. The third-order valence-electron chi connectivity index (χ3n) is 7.53. The van der Waals surface area contributed by atoms with Gasteiger partial charge in [-0.05, 0) is 55.0 Å². The van der Waals surface area contributed by atoms with Crippen LogP contribution in [0.3, 0.4) is 0 Å². The maximum Gasteiger partial charge on any atom is 0.326 e. The van der Waals surface area contributed by atoms with Gasteiger partial charge in [-0.3, -0.25) is 14.4 Å². The molecule has 4 N–H and O–H groups in total. The molecular formula is C26H27Cl3N2O6. The third kappa shape index (κ3) is 5.87. The van der Waals surface area contributed by atoms with Crippen LogP contribution in [0.15, 0.2) is 36.4 Å². The minimum atomic E-state index is -1.23. The van der Waals surface area contributed by atoms with Crippen LogP contribution in [-0.4, -0.2) is 40.0 Å². The summed E-state index contributed by atoms with van der Waals surface area (Å²) in [5.74, 6) is -3.82. The first-order valence-corrected chi connectivity index (χ1v) is 12.6. The Labute approximate surface area is 229 Å². The van der Waals surface area contributed by atoms with Crippen molar-refractivity contribution in [3.63, 3.8) is 0 Å². The van der Waals surface area contributed by atoms with Crippen molar-refractivity contribution in [1.82, 2.24) is 5.32 Å². The average Bonchev–Trinajstić information content (AvgIpc) is 3.05. The largest absolute Gasteiger partial charge is 0.481 e. The number of carbonyl (C=O) groups is 4. The molecule has 11 heteroatoms. The molecule has 0 aliphatic heterocycles. The van der Waals surface area contributed by atoms with Gasteiger partial charge >= 0.3 is 11.9 Å². The van der Waals surface area contributed by atoms with Gasteiger partial charge in [-0.1, -0.05) is 60.8 Å². The minimum Gasteiger partial charge on any atom is -0.481 e. The Morgan fingerprint density at radius 3 is 2.05 bits per heavy atom. The van der Waals surface area contributed by atoms with E-state index < -0.39 is 46.5 Å². The maximum absolute atomic E-state index is 13.0. The predicted octanol–water partition coefficient (Wildman–Crippen LogP) is 5.54. The highest BCUT2D eigenvalue weighted by atomic mass is 35.5. The van der Waals surface area contributed by atoms with Gasteiger partial charge in [0.05, 0.1) is 21.1 Å². The van der Waals surface area contributed by atoms with Gasteiger partial charge in [0, 0.05) is 22.9 Å². The number of aliphatic carboxylic acids is 2. The first-order valence-electron chi connectivity index (χ1n) is 11.5. The molecule has 0 heterocycles. The zero-order valence-electron chi connectivity index (χ0n) is 20.4. The molecule has 0 aromatic heterocycles. The van der Waals surface area contributed by atoms with E-state index in [4.69, 9.17) is 34.8 Å². The summed E-state index contributed by atoms with van der Waals surface area (Å²) < 4.78 is 0. The van der Waals surface area contributed by atoms with Gasteiger partial charge < -0.3 is 20.8 Å². The van der Waals surface area contributed by atoms with Crippen molar-refractivity contribution in [1.29, 1.82) is 0 Å². The van der Waals surface area contributed by atoms with Crippen molar-refractivity contribution in [3.8, 4) is 0 Å². The van der Waals surface area contributed by atoms with Crippen LogP contribution in [0, 0.1) is 16.7 Å². The predicted molar refractivity (Wildman–Crippen MR) is 141 cm³/mol. The maximum atomic E-state index is 13.0. The summed E-state index contributed by atoms with van der Waals surface area (Å²) in [4.78, 5) is 49.4. The van der Waals surface area contributed by atoms with Crippen molar-refractivity contribution in [2.24, 2.45) is 16.7 Å². The molecule has 2 aromatic carbocycles. The van der Waals surface area contributed by atoms with E-state index in [-0.39, 0.29) is 27.7 Å². The highest BCUT2D eigenvalue weighted by Gasteiger charge is 2.58. The molecule has 3 unspecified atom stereocenters. The highest BCUT2D eigenvalue weighted by molar-refractivity contribution is 6.42. The number of halogens is 3. The Bertz CT molecular complexity index is 1220. The van der Waals surface area contributed by atoms with E-state index in [2.05, 4.69) is 10.6 Å². The summed E-state index contributed by atoms with van der Waals surface area (Å²) in [6, 6.07) is 7.87. The molecule has 0 spiro atoms. The van der Waals surface area contributed by atoms with Gasteiger partial charge in [0.2, 0.25) is 5.91 Å². The summed E-state index contributed by atoms with van der Waals surface area (Å²) in [6.45, 7) is 5.06. The number of carboxylic acids is 2. The molecule has 1 aliphatic carbocycles. The smallest absolute Gasteiger partial charge is 0.326 e. The summed E-state index contributed by atoms with van der Waals surface area (Å²) >= 11 is 18.1. The molecule has 3 atom stereocenters. The Kier molecular flexibility index (Phi) is 8.47. The molecule has 1 aliphatic rings. The van der Waals surface area contributed by atoms with Crippen molar-refractivity contribution >= 4 is 64.2 Å². The van der Waals surface area contributed by atoms with Gasteiger partial charge in [-0.2, -0.15) is 0 Å². The SMILES string of the molecule is CC1(C(=O)O)CCC(C(=O)NC(Cc2ccc(C(=O)Nc3c(Cl)cc(Cl)cc3Cl)cc2)C(=O)O)C1(C)C. The fourth-order valence-electron chi connectivity index (χ4n) is 4.69. The summed E-state index contributed by atoms with van der Waals surface area (Å²) in [5.41, 5.74) is -0.888. The lowest BCUT2D eigenvalue weighted by Gasteiger charge is -2.38. The van der Waals surface area contributed by atoms with E-state index >= 15 is 0 Å². The summed E-state index contributed by atoms with van der Waals surface area (Å²) in [5, 5.41) is 25.3. The normalized spacial score (nSPS) is 21.2. The number of carboxylic acid groups (broad SMARTS) is 2. The lowest BCUT2D eigenvalue weighted by atomic mass is 9.65. The Morgan fingerprint density at radius 2 is 1.57 bits per heavy atom.